The quantitative estimate of drug-likeness (QED) is 0.302. The summed E-state index contributed by atoms with van der Waals surface area (Å²) in [4.78, 5) is 41.4. The lowest BCUT2D eigenvalue weighted by Crippen LogP contribution is -2.56. The molecule has 1 aliphatic heterocycles. The maximum atomic E-state index is 13.6. The number of benzene rings is 3. The molecule has 3 atom stereocenters. The van der Waals surface area contributed by atoms with Crippen LogP contribution in [0.4, 0.5) is 0 Å². The Balaban J connectivity index is 1.51. The van der Waals surface area contributed by atoms with Gasteiger partial charge in [-0.1, -0.05) is 67.6 Å². The highest BCUT2D eigenvalue weighted by Gasteiger charge is 2.40. The van der Waals surface area contributed by atoms with Gasteiger partial charge in [0.25, 0.3) is 11.8 Å². The highest BCUT2D eigenvalue weighted by atomic mass is 32.2. The van der Waals surface area contributed by atoms with Crippen molar-refractivity contribution >= 4 is 29.5 Å². The number of hydrogen-bond donors (Lipinski definition) is 4. The van der Waals surface area contributed by atoms with Crippen LogP contribution < -0.4 is 10.6 Å². The van der Waals surface area contributed by atoms with Gasteiger partial charge in [0.15, 0.2) is 6.10 Å². The number of carbonyl (C=O) groups excluding carboxylic acids is 3. The lowest BCUT2D eigenvalue weighted by Gasteiger charge is -2.30. The van der Waals surface area contributed by atoms with E-state index in [2.05, 4.69) is 10.6 Å². The van der Waals surface area contributed by atoms with E-state index in [1.807, 2.05) is 68.4 Å². The minimum Gasteiger partial charge on any atom is -0.508 e. The Labute approximate surface area is 238 Å². The molecule has 3 aromatic carbocycles. The summed E-state index contributed by atoms with van der Waals surface area (Å²) in [5, 5.41) is 27.3. The van der Waals surface area contributed by atoms with Crippen molar-refractivity contribution in [1.29, 1.82) is 0 Å². The Kier molecular flexibility index (Phi) is 9.84. The maximum absolute atomic E-state index is 13.6. The van der Waals surface area contributed by atoms with Crippen molar-refractivity contribution in [2.24, 2.45) is 0 Å². The predicted molar refractivity (Wildman–Crippen MR) is 156 cm³/mol. The van der Waals surface area contributed by atoms with Crippen LogP contribution in [0.2, 0.25) is 0 Å². The molecule has 0 radical (unpaired) electrons. The molecule has 1 aliphatic rings. The summed E-state index contributed by atoms with van der Waals surface area (Å²) < 4.78 is 0. The van der Waals surface area contributed by atoms with Crippen molar-refractivity contribution in [3.05, 3.63) is 101 Å². The van der Waals surface area contributed by atoms with Crippen molar-refractivity contribution < 1.29 is 24.6 Å². The van der Waals surface area contributed by atoms with Gasteiger partial charge in [-0.3, -0.25) is 14.4 Å². The zero-order valence-corrected chi connectivity index (χ0v) is 23.5. The first-order valence-corrected chi connectivity index (χ1v) is 14.5. The fourth-order valence-electron chi connectivity index (χ4n) is 4.84. The molecule has 0 saturated carbocycles. The van der Waals surface area contributed by atoms with Crippen LogP contribution in [0.3, 0.4) is 0 Å². The number of aliphatic hydroxyl groups excluding tert-OH is 1. The second kappa shape index (κ2) is 13.5. The highest BCUT2D eigenvalue weighted by molar-refractivity contribution is 7.99. The molecule has 40 heavy (non-hydrogen) atoms. The zero-order chi connectivity index (χ0) is 28.6. The monoisotopic (exact) mass is 561 g/mol. The molecule has 0 bridgehead atoms. The molecule has 3 amide bonds. The van der Waals surface area contributed by atoms with Crippen LogP contribution in [0, 0.1) is 6.92 Å². The summed E-state index contributed by atoms with van der Waals surface area (Å²) in [6.07, 6.45) is -0.952. The topological polar surface area (TPSA) is 119 Å². The van der Waals surface area contributed by atoms with Gasteiger partial charge in [0, 0.05) is 23.4 Å². The first-order chi connectivity index (χ1) is 19.3. The Hall–Kier alpha value is -3.82. The minimum atomic E-state index is -1.59. The predicted octanol–water partition coefficient (Wildman–Crippen LogP) is 3.18. The highest BCUT2D eigenvalue weighted by Crippen LogP contribution is 2.25. The van der Waals surface area contributed by atoms with Crippen molar-refractivity contribution in [2.75, 3.05) is 11.6 Å². The molecule has 8 nitrogen and oxygen atoms in total. The number of phenols is 1. The molecule has 0 spiro atoms. The molecule has 1 heterocycles. The third kappa shape index (κ3) is 6.84. The van der Waals surface area contributed by atoms with Crippen LogP contribution >= 0.6 is 11.8 Å². The Bertz CT molecular complexity index is 1350. The Morgan fingerprint density at radius 1 is 1.02 bits per heavy atom. The smallest absolute Gasteiger partial charge is 0.254 e. The van der Waals surface area contributed by atoms with E-state index in [9.17, 15) is 24.6 Å². The van der Waals surface area contributed by atoms with E-state index in [0.29, 0.717) is 24.3 Å². The molecule has 9 heteroatoms. The lowest BCUT2D eigenvalue weighted by molar-refractivity contribution is -0.146. The summed E-state index contributed by atoms with van der Waals surface area (Å²) in [6.45, 7) is 4.15. The molecule has 1 fully saturated rings. The average molecular weight is 562 g/mol. The maximum Gasteiger partial charge on any atom is 0.254 e. The minimum absolute atomic E-state index is 0.0139. The first kappa shape index (κ1) is 29.2. The molecule has 1 unspecified atom stereocenters. The number of nitrogens with one attached hydrogen (secondary N) is 2. The largest absolute Gasteiger partial charge is 0.508 e. The molecule has 4 N–H and O–H groups in total. The van der Waals surface area contributed by atoms with Crippen LogP contribution in [0.25, 0.3) is 0 Å². The van der Waals surface area contributed by atoms with E-state index >= 15 is 0 Å². The second-order valence-electron chi connectivity index (χ2n) is 9.84. The van der Waals surface area contributed by atoms with Crippen LogP contribution in [-0.2, 0) is 29.0 Å². The number of phenolic OH excluding ortho intramolecular Hbond substituents is 1. The van der Waals surface area contributed by atoms with Crippen molar-refractivity contribution in [3.8, 4) is 5.75 Å². The van der Waals surface area contributed by atoms with Crippen LogP contribution in [0.5, 0.6) is 5.75 Å². The summed E-state index contributed by atoms with van der Waals surface area (Å²) in [6, 6.07) is 20.0. The fourth-order valence-corrected chi connectivity index (χ4v) is 6.01. The molecule has 3 aromatic rings. The lowest BCUT2D eigenvalue weighted by atomic mass is 9.98. The second-order valence-corrected chi connectivity index (χ2v) is 10.8. The number of carbonyl (C=O) groups is 3. The molecule has 210 valence electrons. The normalized spacial score (nSPS) is 16.3. The van der Waals surface area contributed by atoms with Gasteiger partial charge in [-0.25, -0.2) is 0 Å². The standard InChI is InChI=1S/C31H35N3O5S/c1-3-23-24(14-9-15-27(23)35)29(37)33-25(16-21-11-5-4-6-12-21)28(36)31(39)34-19-40-18-26(34)30(38)32-17-22-13-8-7-10-20(22)2/h4-15,25-26,28,35-36H,3,16-19H2,1-2H3,(H,32,38)(H,33,37)/t25-,26?,28-/m0/s1. The van der Waals surface area contributed by atoms with Gasteiger partial charge >= 0.3 is 0 Å². The first-order valence-electron chi connectivity index (χ1n) is 13.3. The Morgan fingerprint density at radius 2 is 1.75 bits per heavy atom. The third-order valence-electron chi connectivity index (χ3n) is 7.18. The third-order valence-corrected chi connectivity index (χ3v) is 8.19. The van der Waals surface area contributed by atoms with E-state index in [4.69, 9.17) is 0 Å². The Morgan fingerprint density at radius 3 is 2.48 bits per heavy atom. The van der Waals surface area contributed by atoms with Gasteiger partial charge < -0.3 is 25.7 Å². The average Bonchev–Trinajstić information content (AvgIpc) is 3.46. The van der Waals surface area contributed by atoms with Crippen LogP contribution in [0.15, 0.2) is 72.8 Å². The number of aromatic hydroxyl groups is 1. The van der Waals surface area contributed by atoms with Gasteiger partial charge in [0.2, 0.25) is 5.91 Å². The van der Waals surface area contributed by atoms with E-state index in [0.717, 1.165) is 16.7 Å². The van der Waals surface area contributed by atoms with E-state index in [1.54, 1.807) is 12.1 Å². The SMILES string of the molecule is CCc1c(O)cccc1C(=O)N[C@@H](Cc1ccccc1)[C@H](O)C(=O)N1CSCC1C(=O)NCc1ccccc1C. The summed E-state index contributed by atoms with van der Waals surface area (Å²) in [5.74, 6) is -0.712. The number of aliphatic hydroxyl groups is 1. The van der Waals surface area contributed by atoms with Gasteiger partial charge in [-0.15, -0.1) is 11.8 Å². The van der Waals surface area contributed by atoms with Crippen molar-refractivity contribution in [2.45, 2.75) is 51.4 Å². The molecule has 1 saturated heterocycles. The van der Waals surface area contributed by atoms with Crippen LogP contribution in [-0.4, -0.2) is 62.7 Å². The summed E-state index contributed by atoms with van der Waals surface area (Å²) >= 11 is 1.44. The summed E-state index contributed by atoms with van der Waals surface area (Å²) in [7, 11) is 0. The number of thioether (sulfide) groups is 1. The van der Waals surface area contributed by atoms with Crippen molar-refractivity contribution in [1.82, 2.24) is 15.5 Å². The molecule has 0 aromatic heterocycles. The fraction of sp³-hybridized carbons (Fsp3) is 0.323. The molecule has 4 rings (SSSR count). The molecular weight excluding hydrogens is 526 g/mol. The van der Waals surface area contributed by atoms with E-state index < -0.39 is 30.0 Å². The molecular formula is C31H35N3O5S. The van der Waals surface area contributed by atoms with E-state index in [1.165, 1.54) is 22.7 Å². The van der Waals surface area contributed by atoms with Gasteiger partial charge in [0.05, 0.1) is 11.9 Å². The van der Waals surface area contributed by atoms with Gasteiger partial charge in [-0.2, -0.15) is 0 Å². The molecule has 0 aliphatic carbocycles. The van der Waals surface area contributed by atoms with Gasteiger partial charge in [-0.05, 0) is 48.6 Å². The summed E-state index contributed by atoms with van der Waals surface area (Å²) in [5.41, 5.74) is 3.65. The van der Waals surface area contributed by atoms with E-state index in [-0.39, 0.29) is 29.5 Å². The number of hydrogen-bond acceptors (Lipinski definition) is 6. The van der Waals surface area contributed by atoms with Gasteiger partial charge in [0.1, 0.15) is 11.8 Å². The van der Waals surface area contributed by atoms with Crippen molar-refractivity contribution in [3.63, 3.8) is 0 Å². The number of rotatable bonds is 10. The number of aryl methyl sites for hydroxylation is 1. The number of amides is 3. The zero-order valence-electron chi connectivity index (χ0n) is 22.7. The number of nitrogens with zero attached hydrogens (tertiary/aromatic N) is 1. The van der Waals surface area contributed by atoms with Crippen LogP contribution in [0.1, 0.15) is 39.5 Å².